The van der Waals surface area contributed by atoms with Crippen LogP contribution in [0.3, 0.4) is 0 Å². The van der Waals surface area contributed by atoms with Gasteiger partial charge in [-0.2, -0.15) is 0 Å². The maximum Gasteiger partial charge on any atom is 0.335 e. The molecule has 1 heterocycles. The third-order valence-electron chi connectivity index (χ3n) is 4.52. The molecular formula is C22H28N2O2. The summed E-state index contributed by atoms with van der Waals surface area (Å²) >= 11 is 0. The highest BCUT2D eigenvalue weighted by Gasteiger charge is 2.08. The van der Waals surface area contributed by atoms with E-state index < -0.39 is 5.97 Å². The molecule has 26 heavy (non-hydrogen) atoms. The molecule has 0 aliphatic carbocycles. The molecule has 1 aromatic carbocycles. The van der Waals surface area contributed by atoms with Gasteiger partial charge in [-0.05, 0) is 24.0 Å². The number of rotatable bonds is 11. The number of benzene rings is 1. The summed E-state index contributed by atoms with van der Waals surface area (Å²) in [5, 5.41) is 8.97. The number of aromatic nitrogens is 2. The van der Waals surface area contributed by atoms with Gasteiger partial charge in [-0.25, -0.2) is 14.8 Å². The minimum atomic E-state index is -1.01. The Morgan fingerprint density at radius 3 is 2.12 bits per heavy atom. The molecule has 138 valence electrons. The van der Waals surface area contributed by atoms with Crippen LogP contribution in [-0.4, -0.2) is 21.0 Å². The summed E-state index contributed by atoms with van der Waals surface area (Å²) < 4.78 is 0. The van der Waals surface area contributed by atoms with Crippen molar-refractivity contribution >= 4 is 11.5 Å². The zero-order valence-corrected chi connectivity index (χ0v) is 15.6. The normalized spacial score (nSPS) is 10.7. The number of nitrogens with zero attached hydrogens (tertiary/aromatic N) is 2. The molecule has 4 nitrogen and oxygen atoms in total. The van der Waals surface area contributed by atoms with E-state index >= 15 is 0 Å². The van der Waals surface area contributed by atoms with Crippen LogP contribution in [0.4, 0.5) is 0 Å². The summed E-state index contributed by atoms with van der Waals surface area (Å²) in [5.74, 6) is -0.357. The number of aryl methyl sites for hydroxylation is 1. The molecule has 2 aromatic rings. The van der Waals surface area contributed by atoms with Crippen molar-refractivity contribution in [1.29, 1.82) is 0 Å². The third-order valence-corrected chi connectivity index (χ3v) is 4.52. The Labute approximate surface area is 156 Å². The average molecular weight is 352 g/mol. The fraction of sp³-hybridized carbons (Fsp3) is 0.409. The standard InChI is InChI=1S/C22H28N2O2/c1-3-4-5-6-7-8-9-10-18-15-23-21(24-16-18)20-13-11-19(12-14-20)17(2)22(25)26/h11-16H,2-10H2,1H3,(H,25,26). The van der Waals surface area contributed by atoms with Gasteiger partial charge in [0.25, 0.3) is 0 Å². The Bertz CT molecular complexity index is 706. The lowest BCUT2D eigenvalue weighted by molar-refractivity contribution is -0.130. The van der Waals surface area contributed by atoms with Crippen molar-refractivity contribution in [3.8, 4) is 11.4 Å². The van der Waals surface area contributed by atoms with E-state index in [-0.39, 0.29) is 5.57 Å². The quantitative estimate of drug-likeness (QED) is 0.426. The smallest absolute Gasteiger partial charge is 0.335 e. The molecule has 0 radical (unpaired) electrons. The fourth-order valence-corrected chi connectivity index (χ4v) is 2.86. The molecule has 4 heteroatoms. The van der Waals surface area contributed by atoms with E-state index in [0.717, 1.165) is 17.5 Å². The number of carbonyl (C=O) groups is 1. The highest BCUT2D eigenvalue weighted by molar-refractivity contribution is 6.14. The summed E-state index contributed by atoms with van der Waals surface area (Å²) in [5.41, 5.74) is 2.71. The molecular weight excluding hydrogens is 324 g/mol. The third kappa shape index (κ3) is 6.10. The molecule has 2 rings (SSSR count). The number of hydrogen-bond donors (Lipinski definition) is 1. The first-order chi connectivity index (χ1) is 12.6. The average Bonchev–Trinajstić information content (AvgIpc) is 2.67. The molecule has 1 aromatic heterocycles. The molecule has 0 aliphatic heterocycles. The van der Waals surface area contributed by atoms with E-state index in [2.05, 4.69) is 23.5 Å². The van der Waals surface area contributed by atoms with Gasteiger partial charge in [0.2, 0.25) is 0 Å². The topological polar surface area (TPSA) is 63.1 Å². The van der Waals surface area contributed by atoms with E-state index in [1.165, 1.54) is 44.9 Å². The van der Waals surface area contributed by atoms with Crippen LogP contribution in [0.25, 0.3) is 17.0 Å². The van der Waals surface area contributed by atoms with Crippen LogP contribution in [0, 0.1) is 0 Å². The van der Waals surface area contributed by atoms with Gasteiger partial charge in [-0.1, -0.05) is 76.3 Å². The summed E-state index contributed by atoms with van der Waals surface area (Å²) in [6, 6.07) is 7.13. The first-order valence-corrected chi connectivity index (χ1v) is 9.45. The first-order valence-electron chi connectivity index (χ1n) is 9.45. The van der Waals surface area contributed by atoms with E-state index in [1.807, 2.05) is 24.5 Å². The Kier molecular flexibility index (Phi) is 8.00. The van der Waals surface area contributed by atoms with Crippen LogP contribution >= 0.6 is 0 Å². The maximum atomic E-state index is 10.9. The van der Waals surface area contributed by atoms with E-state index in [9.17, 15) is 4.79 Å². The second-order valence-corrected chi connectivity index (χ2v) is 6.65. The Balaban J connectivity index is 1.83. The van der Waals surface area contributed by atoms with Crippen LogP contribution in [0.2, 0.25) is 0 Å². The van der Waals surface area contributed by atoms with Crippen LogP contribution in [0.15, 0.2) is 43.2 Å². The van der Waals surface area contributed by atoms with Crippen molar-refractivity contribution in [3.05, 3.63) is 54.4 Å². The van der Waals surface area contributed by atoms with Crippen molar-refractivity contribution in [3.63, 3.8) is 0 Å². The molecule has 0 bridgehead atoms. The molecule has 0 saturated carbocycles. The molecule has 0 spiro atoms. The van der Waals surface area contributed by atoms with Crippen LogP contribution < -0.4 is 0 Å². The number of hydrogen-bond acceptors (Lipinski definition) is 3. The number of aliphatic carboxylic acids is 1. The van der Waals surface area contributed by atoms with Gasteiger partial charge in [0, 0.05) is 18.0 Å². The number of carboxylic acids is 1. The maximum absolute atomic E-state index is 10.9. The summed E-state index contributed by atoms with van der Waals surface area (Å²) in [4.78, 5) is 19.8. The van der Waals surface area contributed by atoms with Gasteiger partial charge in [-0.3, -0.25) is 0 Å². The Morgan fingerprint density at radius 1 is 0.962 bits per heavy atom. The van der Waals surface area contributed by atoms with Crippen LogP contribution in [0.1, 0.15) is 63.0 Å². The highest BCUT2D eigenvalue weighted by Crippen LogP contribution is 2.19. The second kappa shape index (κ2) is 10.5. The van der Waals surface area contributed by atoms with E-state index in [0.29, 0.717) is 11.4 Å². The van der Waals surface area contributed by atoms with Crippen molar-refractivity contribution in [1.82, 2.24) is 9.97 Å². The van der Waals surface area contributed by atoms with Gasteiger partial charge in [0.05, 0.1) is 5.57 Å². The summed E-state index contributed by atoms with van der Waals surface area (Å²) in [7, 11) is 0. The predicted octanol–water partition coefficient (Wildman–Crippen LogP) is 5.53. The SMILES string of the molecule is C=C(C(=O)O)c1ccc(-c2ncc(CCCCCCCCC)cn2)cc1. The van der Waals surface area contributed by atoms with E-state index in [1.54, 1.807) is 12.1 Å². The zero-order chi connectivity index (χ0) is 18.8. The lowest BCUT2D eigenvalue weighted by Gasteiger charge is -2.05. The number of unbranched alkanes of at least 4 members (excludes halogenated alkanes) is 6. The summed E-state index contributed by atoms with van der Waals surface area (Å²) in [6.07, 6.45) is 13.9. The Morgan fingerprint density at radius 2 is 1.54 bits per heavy atom. The molecule has 0 amide bonds. The van der Waals surface area contributed by atoms with Gasteiger partial charge in [0.15, 0.2) is 5.82 Å². The van der Waals surface area contributed by atoms with Crippen molar-refractivity contribution in [2.45, 2.75) is 58.3 Å². The van der Waals surface area contributed by atoms with Crippen LogP contribution in [0.5, 0.6) is 0 Å². The van der Waals surface area contributed by atoms with Crippen molar-refractivity contribution in [2.75, 3.05) is 0 Å². The lowest BCUT2D eigenvalue weighted by atomic mass is 10.0. The number of carboxylic acid groups (broad SMARTS) is 1. The second-order valence-electron chi connectivity index (χ2n) is 6.65. The molecule has 0 atom stereocenters. The molecule has 0 fully saturated rings. The predicted molar refractivity (Wildman–Crippen MR) is 106 cm³/mol. The summed E-state index contributed by atoms with van der Waals surface area (Å²) in [6.45, 7) is 5.80. The molecule has 0 saturated heterocycles. The molecule has 0 aliphatic rings. The van der Waals surface area contributed by atoms with Crippen LogP contribution in [-0.2, 0) is 11.2 Å². The lowest BCUT2D eigenvalue weighted by Crippen LogP contribution is -1.98. The fourth-order valence-electron chi connectivity index (χ4n) is 2.86. The minimum Gasteiger partial charge on any atom is -0.478 e. The van der Waals surface area contributed by atoms with Gasteiger partial charge in [0.1, 0.15) is 0 Å². The zero-order valence-electron chi connectivity index (χ0n) is 15.6. The van der Waals surface area contributed by atoms with Crippen molar-refractivity contribution in [2.24, 2.45) is 0 Å². The van der Waals surface area contributed by atoms with Gasteiger partial charge < -0.3 is 5.11 Å². The Hall–Kier alpha value is -2.49. The van der Waals surface area contributed by atoms with Gasteiger partial charge in [-0.15, -0.1) is 0 Å². The minimum absolute atomic E-state index is 0.0857. The van der Waals surface area contributed by atoms with Gasteiger partial charge >= 0.3 is 5.97 Å². The first kappa shape index (κ1) is 19.8. The van der Waals surface area contributed by atoms with E-state index in [4.69, 9.17) is 5.11 Å². The van der Waals surface area contributed by atoms with Crippen molar-refractivity contribution < 1.29 is 9.90 Å². The largest absolute Gasteiger partial charge is 0.478 e. The molecule has 1 N–H and O–H groups in total. The molecule has 0 unspecified atom stereocenters. The highest BCUT2D eigenvalue weighted by atomic mass is 16.4. The monoisotopic (exact) mass is 352 g/mol.